The summed E-state index contributed by atoms with van der Waals surface area (Å²) in [6.07, 6.45) is 4.89. The number of likely N-dealkylation sites (tertiary alicyclic amines) is 1. The van der Waals surface area contributed by atoms with Crippen molar-refractivity contribution >= 4 is 16.8 Å². The van der Waals surface area contributed by atoms with Gasteiger partial charge in [0.1, 0.15) is 0 Å². The second kappa shape index (κ2) is 7.59. The molecule has 3 rings (SSSR count). The molecule has 5 nitrogen and oxygen atoms in total. The third-order valence-electron chi connectivity index (χ3n) is 4.47. The van der Waals surface area contributed by atoms with Gasteiger partial charge >= 0.3 is 0 Å². The van der Waals surface area contributed by atoms with E-state index in [2.05, 4.69) is 22.2 Å². The summed E-state index contributed by atoms with van der Waals surface area (Å²) < 4.78 is 1.94. The Morgan fingerprint density at radius 1 is 1.17 bits per heavy atom. The number of carbonyl (C=O) groups is 1. The molecule has 0 aliphatic carbocycles. The molecular weight excluding hydrogens is 288 g/mol. The number of fused-ring (bicyclic) bond motifs is 1. The van der Waals surface area contributed by atoms with E-state index in [4.69, 9.17) is 0 Å². The summed E-state index contributed by atoms with van der Waals surface area (Å²) in [6, 6.07) is 7.97. The Balaban J connectivity index is 1.65. The lowest BCUT2D eigenvalue weighted by Crippen LogP contribution is -2.37. The predicted molar refractivity (Wildman–Crippen MR) is 92.6 cm³/mol. The monoisotopic (exact) mass is 314 g/mol. The van der Waals surface area contributed by atoms with Crippen molar-refractivity contribution in [3.63, 3.8) is 0 Å². The summed E-state index contributed by atoms with van der Waals surface area (Å²) >= 11 is 0. The number of aromatic nitrogens is 2. The number of piperidine rings is 1. The molecule has 1 amide bonds. The summed E-state index contributed by atoms with van der Waals surface area (Å²) in [5.41, 5.74) is 1.59. The minimum Gasteiger partial charge on any atom is -0.349 e. The Morgan fingerprint density at radius 2 is 1.96 bits per heavy atom. The number of amides is 1. The molecule has 1 aliphatic heterocycles. The van der Waals surface area contributed by atoms with E-state index >= 15 is 0 Å². The lowest BCUT2D eigenvalue weighted by atomic mass is 10.1. The third kappa shape index (κ3) is 3.72. The number of rotatable bonds is 6. The number of aryl methyl sites for hydroxylation is 1. The first kappa shape index (κ1) is 16.0. The van der Waals surface area contributed by atoms with Crippen LogP contribution in [-0.2, 0) is 6.54 Å². The summed E-state index contributed by atoms with van der Waals surface area (Å²) in [7, 11) is 0. The van der Waals surface area contributed by atoms with Gasteiger partial charge in [-0.3, -0.25) is 9.48 Å². The Hall–Kier alpha value is -1.88. The zero-order valence-electron chi connectivity index (χ0n) is 13.9. The van der Waals surface area contributed by atoms with Crippen LogP contribution in [0.5, 0.6) is 0 Å². The van der Waals surface area contributed by atoms with Crippen LogP contribution in [-0.4, -0.2) is 46.8 Å². The molecule has 1 aromatic carbocycles. The minimum atomic E-state index is -0.0620. The molecule has 0 bridgehead atoms. The van der Waals surface area contributed by atoms with Crippen LogP contribution in [0.2, 0.25) is 0 Å². The normalized spacial score (nSPS) is 15.9. The average Bonchev–Trinajstić information content (AvgIpc) is 2.95. The van der Waals surface area contributed by atoms with E-state index in [9.17, 15) is 4.79 Å². The highest BCUT2D eigenvalue weighted by molar-refractivity contribution is 6.04. The maximum absolute atomic E-state index is 12.5. The van der Waals surface area contributed by atoms with Crippen LogP contribution >= 0.6 is 0 Å². The molecule has 2 heterocycles. The lowest BCUT2D eigenvalue weighted by Gasteiger charge is -2.26. The third-order valence-corrected chi connectivity index (χ3v) is 4.47. The van der Waals surface area contributed by atoms with Crippen molar-refractivity contribution < 1.29 is 4.79 Å². The number of carbonyl (C=O) groups excluding carboxylic acids is 1. The van der Waals surface area contributed by atoms with E-state index in [1.807, 2.05) is 28.9 Å². The molecule has 23 heavy (non-hydrogen) atoms. The number of para-hydroxylation sites is 1. The first-order valence-corrected chi connectivity index (χ1v) is 8.75. The molecule has 0 saturated carbocycles. The molecule has 0 atom stereocenters. The fourth-order valence-electron chi connectivity index (χ4n) is 3.27. The van der Waals surface area contributed by atoms with Crippen molar-refractivity contribution in [1.29, 1.82) is 0 Å². The molecule has 2 aromatic rings. The zero-order chi connectivity index (χ0) is 16.1. The van der Waals surface area contributed by atoms with Gasteiger partial charge in [-0.05, 0) is 38.4 Å². The van der Waals surface area contributed by atoms with Crippen molar-refractivity contribution in [2.24, 2.45) is 0 Å². The highest BCUT2D eigenvalue weighted by atomic mass is 16.1. The Morgan fingerprint density at radius 3 is 2.74 bits per heavy atom. The Bertz CT molecular complexity index is 658. The van der Waals surface area contributed by atoms with Gasteiger partial charge in [0.25, 0.3) is 5.91 Å². The van der Waals surface area contributed by atoms with Gasteiger partial charge in [0, 0.05) is 25.0 Å². The quantitative estimate of drug-likeness (QED) is 0.892. The van der Waals surface area contributed by atoms with E-state index in [1.54, 1.807) is 0 Å². The van der Waals surface area contributed by atoms with Crippen molar-refractivity contribution in [2.75, 3.05) is 26.2 Å². The molecule has 0 spiro atoms. The molecular formula is C18H26N4O. The molecule has 1 fully saturated rings. The smallest absolute Gasteiger partial charge is 0.272 e. The fraction of sp³-hybridized carbons (Fsp3) is 0.556. The first-order valence-electron chi connectivity index (χ1n) is 8.75. The van der Waals surface area contributed by atoms with Crippen LogP contribution in [0.1, 0.15) is 43.1 Å². The van der Waals surface area contributed by atoms with Crippen LogP contribution in [0, 0.1) is 0 Å². The van der Waals surface area contributed by atoms with Crippen LogP contribution in [0.3, 0.4) is 0 Å². The SMILES string of the molecule is CCCn1nc(C(=O)NCCN2CCCCC2)c2ccccc21. The molecule has 0 unspecified atom stereocenters. The summed E-state index contributed by atoms with van der Waals surface area (Å²) in [6.45, 7) is 6.89. The highest BCUT2D eigenvalue weighted by Gasteiger charge is 2.17. The van der Waals surface area contributed by atoms with Gasteiger partial charge in [-0.2, -0.15) is 5.10 Å². The number of hydrogen-bond acceptors (Lipinski definition) is 3. The van der Waals surface area contributed by atoms with Gasteiger partial charge in [-0.15, -0.1) is 0 Å². The van der Waals surface area contributed by atoms with Crippen molar-refractivity contribution in [1.82, 2.24) is 20.0 Å². The average molecular weight is 314 g/mol. The van der Waals surface area contributed by atoms with E-state index in [-0.39, 0.29) is 5.91 Å². The van der Waals surface area contributed by atoms with E-state index in [1.165, 1.54) is 19.3 Å². The number of nitrogens with one attached hydrogen (secondary N) is 1. The van der Waals surface area contributed by atoms with Gasteiger partial charge in [0.05, 0.1) is 5.52 Å². The van der Waals surface area contributed by atoms with Gasteiger partial charge in [-0.25, -0.2) is 0 Å². The molecule has 0 radical (unpaired) electrons. The highest BCUT2D eigenvalue weighted by Crippen LogP contribution is 2.18. The van der Waals surface area contributed by atoms with Gasteiger partial charge in [0.2, 0.25) is 0 Å². The second-order valence-electron chi connectivity index (χ2n) is 6.25. The van der Waals surface area contributed by atoms with Gasteiger partial charge < -0.3 is 10.2 Å². The van der Waals surface area contributed by atoms with Gasteiger partial charge in [-0.1, -0.05) is 31.5 Å². The molecule has 124 valence electrons. The number of benzene rings is 1. The fourth-order valence-corrected chi connectivity index (χ4v) is 3.27. The van der Waals surface area contributed by atoms with Crippen molar-refractivity contribution in [3.05, 3.63) is 30.0 Å². The summed E-state index contributed by atoms with van der Waals surface area (Å²) in [4.78, 5) is 14.9. The van der Waals surface area contributed by atoms with Crippen molar-refractivity contribution in [2.45, 2.75) is 39.2 Å². The lowest BCUT2D eigenvalue weighted by molar-refractivity contribution is 0.0942. The number of hydrogen-bond donors (Lipinski definition) is 1. The molecule has 1 aromatic heterocycles. The van der Waals surface area contributed by atoms with E-state index in [0.717, 1.165) is 43.5 Å². The van der Waals surface area contributed by atoms with Crippen molar-refractivity contribution in [3.8, 4) is 0 Å². The molecule has 1 N–H and O–H groups in total. The van der Waals surface area contributed by atoms with Gasteiger partial charge in [0.15, 0.2) is 5.69 Å². The standard InChI is InChI=1S/C18H26N4O/c1-2-11-22-16-9-5-4-8-15(16)17(20-22)18(23)19-10-14-21-12-6-3-7-13-21/h4-5,8-9H,2-3,6-7,10-14H2,1H3,(H,19,23). The van der Waals surface area contributed by atoms with E-state index in [0.29, 0.717) is 12.2 Å². The largest absolute Gasteiger partial charge is 0.349 e. The van der Waals surface area contributed by atoms with Crippen LogP contribution in [0.15, 0.2) is 24.3 Å². The predicted octanol–water partition coefficient (Wildman–Crippen LogP) is 2.66. The second-order valence-corrected chi connectivity index (χ2v) is 6.25. The Labute approximate surface area is 137 Å². The topological polar surface area (TPSA) is 50.2 Å². The van der Waals surface area contributed by atoms with Crippen LogP contribution < -0.4 is 5.32 Å². The van der Waals surface area contributed by atoms with Crippen LogP contribution in [0.4, 0.5) is 0 Å². The van der Waals surface area contributed by atoms with E-state index < -0.39 is 0 Å². The maximum Gasteiger partial charge on any atom is 0.272 e. The molecule has 1 saturated heterocycles. The zero-order valence-corrected chi connectivity index (χ0v) is 13.9. The molecule has 5 heteroatoms. The number of nitrogens with zero attached hydrogens (tertiary/aromatic N) is 3. The maximum atomic E-state index is 12.5. The minimum absolute atomic E-state index is 0.0620. The summed E-state index contributed by atoms with van der Waals surface area (Å²) in [5.74, 6) is -0.0620. The Kier molecular flexibility index (Phi) is 5.28. The summed E-state index contributed by atoms with van der Waals surface area (Å²) in [5, 5.41) is 8.51. The van der Waals surface area contributed by atoms with Crippen LogP contribution in [0.25, 0.3) is 10.9 Å². The first-order chi connectivity index (χ1) is 11.3. The molecule has 1 aliphatic rings.